The molecule has 3 N–H and O–H groups in total. The smallest absolute Gasteiger partial charge is 0.177 e. The zero-order chi connectivity index (χ0) is 27.0. The SMILES string of the molecule is Cc1nc2c(Nc3ccc(C4CCCO4)cc3S(C)(=O)=O)cc(Nc3ccc(C(C)C)c(C#N)n3)nc2[nH]1. The van der Waals surface area contributed by atoms with Crippen LogP contribution < -0.4 is 10.6 Å². The first-order valence-electron chi connectivity index (χ1n) is 12.4. The van der Waals surface area contributed by atoms with Gasteiger partial charge in [0.1, 0.15) is 34.7 Å². The summed E-state index contributed by atoms with van der Waals surface area (Å²) in [7, 11) is -3.55. The highest BCUT2D eigenvalue weighted by molar-refractivity contribution is 7.90. The van der Waals surface area contributed by atoms with Gasteiger partial charge < -0.3 is 20.4 Å². The predicted octanol–water partition coefficient (Wildman–Crippen LogP) is 5.40. The van der Waals surface area contributed by atoms with E-state index in [1.807, 2.05) is 32.9 Å². The maximum atomic E-state index is 12.8. The van der Waals surface area contributed by atoms with Gasteiger partial charge in [0.15, 0.2) is 15.5 Å². The lowest BCUT2D eigenvalue weighted by Gasteiger charge is -2.16. The number of rotatable bonds is 7. The molecule has 1 aliphatic rings. The number of ether oxygens (including phenoxy) is 1. The Kier molecular flexibility index (Phi) is 6.77. The molecular formula is C27H29N7O3S. The number of aromatic amines is 1. The molecule has 196 valence electrons. The fraction of sp³-hybridized carbons (Fsp3) is 0.333. The lowest BCUT2D eigenvalue weighted by Crippen LogP contribution is -2.07. The van der Waals surface area contributed by atoms with Crippen LogP contribution in [0.3, 0.4) is 0 Å². The maximum Gasteiger partial charge on any atom is 0.177 e. The van der Waals surface area contributed by atoms with E-state index in [1.54, 1.807) is 24.3 Å². The monoisotopic (exact) mass is 531 g/mol. The van der Waals surface area contributed by atoms with E-state index in [2.05, 4.69) is 36.6 Å². The van der Waals surface area contributed by atoms with Gasteiger partial charge in [-0.3, -0.25) is 0 Å². The molecule has 0 aliphatic carbocycles. The van der Waals surface area contributed by atoms with E-state index in [0.717, 1.165) is 24.0 Å². The number of fused-ring (bicyclic) bond motifs is 1. The van der Waals surface area contributed by atoms with Gasteiger partial charge in [0.05, 0.1) is 22.4 Å². The molecule has 0 spiro atoms. The van der Waals surface area contributed by atoms with Crippen molar-refractivity contribution in [3.63, 3.8) is 0 Å². The minimum Gasteiger partial charge on any atom is -0.374 e. The lowest BCUT2D eigenvalue weighted by molar-refractivity contribution is 0.112. The molecule has 38 heavy (non-hydrogen) atoms. The molecule has 4 heterocycles. The van der Waals surface area contributed by atoms with Crippen molar-refractivity contribution in [3.8, 4) is 6.07 Å². The van der Waals surface area contributed by atoms with Crippen molar-refractivity contribution in [2.45, 2.75) is 50.5 Å². The number of aromatic nitrogens is 4. The van der Waals surface area contributed by atoms with Gasteiger partial charge in [0, 0.05) is 18.9 Å². The summed E-state index contributed by atoms with van der Waals surface area (Å²) in [5.41, 5.74) is 4.15. The second kappa shape index (κ2) is 10.0. The van der Waals surface area contributed by atoms with Gasteiger partial charge in [-0.05, 0) is 55.0 Å². The Bertz CT molecular complexity index is 1670. The number of H-pyrrole nitrogens is 1. The number of nitrogens with one attached hydrogen (secondary N) is 3. The number of anilines is 4. The molecule has 10 nitrogen and oxygen atoms in total. The molecule has 1 atom stereocenters. The fourth-order valence-electron chi connectivity index (χ4n) is 4.63. The molecule has 0 bridgehead atoms. The van der Waals surface area contributed by atoms with Crippen LogP contribution in [0.5, 0.6) is 0 Å². The molecule has 0 saturated carbocycles. The third kappa shape index (κ3) is 5.18. The van der Waals surface area contributed by atoms with E-state index >= 15 is 0 Å². The molecule has 3 aromatic heterocycles. The summed E-state index contributed by atoms with van der Waals surface area (Å²) in [5.74, 6) is 1.75. The van der Waals surface area contributed by atoms with E-state index < -0.39 is 9.84 Å². The summed E-state index contributed by atoms with van der Waals surface area (Å²) in [5, 5.41) is 16.0. The third-order valence-electron chi connectivity index (χ3n) is 6.46. The number of imidazole rings is 1. The molecule has 5 rings (SSSR count). The highest BCUT2D eigenvalue weighted by Crippen LogP contribution is 2.35. The Hall–Kier alpha value is -4.01. The summed E-state index contributed by atoms with van der Waals surface area (Å²) >= 11 is 0. The van der Waals surface area contributed by atoms with Crippen molar-refractivity contribution in [1.29, 1.82) is 5.26 Å². The van der Waals surface area contributed by atoms with Crippen molar-refractivity contribution in [3.05, 3.63) is 59.0 Å². The van der Waals surface area contributed by atoms with E-state index in [0.29, 0.717) is 52.3 Å². The second-order valence-electron chi connectivity index (χ2n) is 9.75. The molecule has 0 amide bonds. The van der Waals surface area contributed by atoms with Crippen LogP contribution in [-0.2, 0) is 14.6 Å². The zero-order valence-electron chi connectivity index (χ0n) is 21.7. The van der Waals surface area contributed by atoms with Crippen LogP contribution in [0.25, 0.3) is 11.2 Å². The first-order valence-corrected chi connectivity index (χ1v) is 14.3. The van der Waals surface area contributed by atoms with Gasteiger partial charge in [-0.15, -0.1) is 0 Å². The van der Waals surface area contributed by atoms with Crippen LogP contribution in [0.1, 0.15) is 61.4 Å². The molecule has 1 aromatic carbocycles. The Morgan fingerprint density at radius 2 is 1.89 bits per heavy atom. The van der Waals surface area contributed by atoms with Crippen LogP contribution in [0, 0.1) is 18.3 Å². The Balaban J connectivity index is 1.54. The van der Waals surface area contributed by atoms with Crippen molar-refractivity contribution in [1.82, 2.24) is 19.9 Å². The Morgan fingerprint density at radius 1 is 1.08 bits per heavy atom. The highest BCUT2D eigenvalue weighted by Gasteiger charge is 2.23. The fourth-order valence-corrected chi connectivity index (χ4v) is 5.49. The number of hydrogen-bond acceptors (Lipinski definition) is 9. The van der Waals surface area contributed by atoms with Gasteiger partial charge in [-0.1, -0.05) is 26.0 Å². The van der Waals surface area contributed by atoms with Gasteiger partial charge in [-0.2, -0.15) is 5.26 Å². The molecule has 1 aliphatic heterocycles. The largest absolute Gasteiger partial charge is 0.374 e. The Labute approximate surface area is 221 Å². The summed E-state index contributed by atoms with van der Waals surface area (Å²) in [6.07, 6.45) is 2.91. The first-order chi connectivity index (χ1) is 18.1. The average molecular weight is 532 g/mol. The molecule has 4 aromatic rings. The van der Waals surface area contributed by atoms with Crippen molar-refractivity contribution < 1.29 is 13.2 Å². The lowest BCUT2D eigenvalue weighted by atomic mass is 10.0. The summed E-state index contributed by atoms with van der Waals surface area (Å²) in [6.45, 7) is 6.52. The minimum absolute atomic E-state index is 0.102. The van der Waals surface area contributed by atoms with Gasteiger partial charge in [-0.25, -0.2) is 23.4 Å². The first kappa shape index (κ1) is 25.6. The van der Waals surface area contributed by atoms with Crippen molar-refractivity contribution >= 4 is 44.0 Å². The highest BCUT2D eigenvalue weighted by atomic mass is 32.2. The summed E-state index contributed by atoms with van der Waals surface area (Å²) < 4.78 is 31.3. The molecule has 11 heteroatoms. The molecule has 1 saturated heterocycles. The van der Waals surface area contributed by atoms with E-state index in [4.69, 9.17) is 4.74 Å². The summed E-state index contributed by atoms with van der Waals surface area (Å²) in [6, 6.07) is 12.9. The number of nitriles is 1. The van der Waals surface area contributed by atoms with Crippen LogP contribution in [0.2, 0.25) is 0 Å². The van der Waals surface area contributed by atoms with Gasteiger partial charge >= 0.3 is 0 Å². The average Bonchev–Trinajstić information content (AvgIpc) is 3.53. The van der Waals surface area contributed by atoms with Crippen LogP contribution in [0.4, 0.5) is 23.0 Å². The quantitative estimate of drug-likeness (QED) is 0.285. The standard InChI is InChI=1S/C27H29N7O3S/c1-15(2)18-8-10-24(32-21(18)14-28)33-25-13-20(26-27(34-25)30-16(3)29-26)31-19-9-7-17(22-6-5-11-37-22)12-23(19)38(4,35)36/h7-10,12-13,15,22H,5-6,11H2,1-4H3,(H3,29,30,31,32,33,34). The van der Waals surface area contributed by atoms with E-state index in [1.165, 1.54) is 6.26 Å². The van der Waals surface area contributed by atoms with Crippen molar-refractivity contribution in [2.75, 3.05) is 23.5 Å². The minimum atomic E-state index is -3.55. The number of pyridine rings is 2. The predicted molar refractivity (Wildman–Crippen MR) is 146 cm³/mol. The number of sulfone groups is 1. The zero-order valence-corrected chi connectivity index (χ0v) is 22.5. The number of hydrogen-bond donors (Lipinski definition) is 3. The molecule has 1 unspecified atom stereocenters. The van der Waals surface area contributed by atoms with Gasteiger partial charge in [0.25, 0.3) is 0 Å². The van der Waals surface area contributed by atoms with E-state index in [9.17, 15) is 13.7 Å². The maximum absolute atomic E-state index is 12.8. The number of nitrogens with zero attached hydrogens (tertiary/aromatic N) is 4. The number of aryl methyl sites for hydroxylation is 1. The van der Waals surface area contributed by atoms with Crippen LogP contribution in [0.15, 0.2) is 41.3 Å². The van der Waals surface area contributed by atoms with Crippen LogP contribution >= 0.6 is 0 Å². The second-order valence-corrected chi connectivity index (χ2v) is 11.7. The van der Waals surface area contributed by atoms with E-state index in [-0.39, 0.29) is 16.9 Å². The number of benzene rings is 1. The third-order valence-corrected chi connectivity index (χ3v) is 7.59. The summed E-state index contributed by atoms with van der Waals surface area (Å²) in [4.78, 5) is 16.9. The van der Waals surface area contributed by atoms with Crippen LogP contribution in [-0.4, -0.2) is 41.2 Å². The molecule has 0 radical (unpaired) electrons. The van der Waals surface area contributed by atoms with Crippen molar-refractivity contribution in [2.24, 2.45) is 0 Å². The van der Waals surface area contributed by atoms with Gasteiger partial charge in [0.2, 0.25) is 0 Å². The molecule has 1 fully saturated rings. The topological polar surface area (TPSA) is 146 Å². The normalized spacial score (nSPS) is 15.6. The Morgan fingerprint density at radius 3 is 2.58 bits per heavy atom. The molecular weight excluding hydrogens is 502 g/mol.